The van der Waals surface area contributed by atoms with E-state index in [1.807, 2.05) is 6.07 Å². The summed E-state index contributed by atoms with van der Waals surface area (Å²) in [7, 11) is -3.72. The number of carboxylic acid groups (broad SMARTS) is 1. The van der Waals surface area contributed by atoms with Crippen LogP contribution in [0, 0.1) is 11.3 Å². The first-order valence-corrected chi connectivity index (χ1v) is 6.73. The van der Waals surface area contributed by atoms with E-state index in [1.165, 1.54) is 24.3 Å². The number of hydrogen-bond acceptors (Lipinski definition) is 5. The molecule has 0 aliphatic carbocycles. The lowest BCUT2D eigenvalue weighted by Crippen LogP contribution is -2.28. The molecule has 1 aromatic rings. The van der Waals surface area contributed by atoms with Crippen LogP contribution in [0.3, 0.4) is 0 Å². The van der Waals surface area contributed by atoms with Gasteiger partial charge in [-0.3, -0.25) is 0 Å². The van der Waals surface area contributed by atoms with Crippen molar-refractivity contribution in [2.45, 2.75) is 4.90 Å². The van der Waals surface area contributed by atoms with Gasteiger partial charge in [0.2, 0.25) is 10.0 Å². The zero-order valence-corrected chi connectivity index (χ0v) is 10.7. The van der Waals surface area contributed by atoms with Crippen LogP contribution in [0.5, 0.6) is 0 Å². The number of nitrogens with zero attached hydrogens (tertiary/aromatic N) is 1. The van der Waals surface area contributed by atoms with Crippen molar-refractivity contribution >= 4 is 16.0 Å². The summed E-state index contributed by atoms with van der Waals surface area (Å²) < 4.78 is 30.5. The minimum absolute atomic E-state index is 0.0233. The summed E-state index contributed by atoms with van der Waals surface area (Å²) in [6.07, 6.45) is 0. The molecule has 0 bridgehead atoms. The molecule has 19 heavy (non-hydrogen) atoms. The summed E-state index contributed by atoms with van der Waals surface area (Å²) in [5.74, 6) is -1.12. The number of carbonyl (C=O) groups is 1. The number of aliphatic carboxylic acids is 1. The van der Waals surface area contributed by atoms with Crippen molar-refractivity contribution in [3.63, 3.8) is 0 Å². The maximum absolute atomic E-state index is 11.8. The molecule has 0 radical (unpaired) electrons. The normalized spacial score (nSPS) is 10.9. The van der Waals surface area contributed by atoms with Crippen molar-refractivity contribution in [3.05, 3.63) is 29.8 Å². The Morgan fingerprint density at radius 2 is 2.21 bits per heavy atom. The summed E-state index contributed by atoms with van der Waals surface area (Å²) in [5.41, 5.74) is 0.241. The molecule has 8 heteroatoms. The molecule has 1 rings (SSSR count). The smallest absolute Gasteiger partial charge is 0.329 e. The van der Waals surface area contributed by atoms with Crippen LogP contribution in [0.2, 0.25) is 0 Å². The van der Waals surface area contributed by atoms with E-state index in [0.717, 1.165) is 0 Å². The van der Waals surface area contributed by atoms with Gasteiger partial charge in [0, 0.05) is 6.54 Å². The molecule has 0 aliphatic rings. The van der Waals surface area contributed by atoms with E-state index in [0.29, 0.717) is 0 Å². The third kappa shape index (κ3) is 5.05. The molecule has 1 aromatic carbocycles. The van der Waals surface area contributed by atoms with Crippen LogP contribution < -0.4 is 4.72 Å². The van der Waals surface area contributed by atoms with Crippen molar-refractivity contribution in [3.8, 4) is 6.07 Å². The van der Waals surface area contributed by atoms with Gasteiger partial charge in [-0.2, -0.15) is 5.26 Å². The number of hydrogen-bond donors (Lipinski definition) is 2. The number of nitrogens with one attached hydrogen (secondary N) is 1. The van der Waals surface area contributed by atoms with Crippen molar-refractivity contribution in [1.82, 2.24) is 4.72 Å². The average Bonchev–Trinajstić information content (AvgIpc) is 2.38. The number of nitriles is 1. The zero-order chi connectivity index (χ0) is 14.3. The van der Waals surface area contributed by atoms with Crippen LogP contribution in [-0.2, 0) is 19.6 Å². The lowest BCUT2D eigenvalue weighted by molar-refractivity contribution is -0.142. The van der Waals surface area contributed by atoms with Crippen molar-refractivity contribution < 1.29 is 23.1 Å². The van der Waals surface area contributed by atoms with E-state index in [2.05, 4.69) is 4.72 Å². The summed E-state index contributed by atoms with van der Waals surface area (Å²) in [5, 5.41) is 17.0. The second-order valence-electron chi connectivity index (χ2n) is 3.48. The number of ether oxygens (including phenoxy) is 1. The summed E-state index contributed by atoms with van der Waals surface area (Å²) in [4.78, 5) is 10.1. The molecule has 0 amide bonds. The monoisotopic (exact) mass is 284 g/mol. The third-order valence-corrected chi connectivity index (χ3v) is 3.50. The first-order valence-electron chi connectivity index (χ1n) is 5.25. The number of rotatable bonds is 7. The SMILES string of the molecule is N#Cc1cccc(S(=O)(=O)NCCOCC(=O)O)c1. The number of benzene rings is 1. The van der Waals surface area contributed by atoms with Crippen molar-refractivity contribution in [2.24, 2.45) is 0 Å². The first kappa shape index (κ1) is 15.1. The van der Waals surface area contributed by atoms with Crippen LogP contribution in [0.15, 0.2) is 29.2 Å². The highest BCUT2D eigenvalue weighted by Crippen LogP contribution is 2.10. The first-order chi connectivity index (χ1) is 8.95. The van der Waals surface area contributed by atoms with Crippen molar-refractivity contribution in [1.29, 1.82) is 5.26 Å². The Labute approximate surface area is 110 Å². The van der Waals surface area contributed by atoms with Gasteiger partial charge in [0.25, 0.3) is 0 Å². The molecule has 7 nitrogen and oxygen atoms in total. The van der Waals surface area contributed by atoms with Crippen LogP contribution in [0.4, 0.5) is 0 Å². The molecule has 0 saturated carbocycles. The quantitative estimate of drug-likeness (QED) is 0.677. The number of carboxylic acids is 1. The molecular formula is C11H12N2O5S. The van der Waals surface area contributed by atoms with Gasteiger partial charge in [-0.05, 0) is 18.2 Å². The number of sulfonamides is 1. The maximum Gasteiger partial charge on any atom is 0.329 e. The fourth-order valence-corrected chi connectivity index (χ4v) is 2.28. The van der Waals surface area contributed by atoms with Gasteiger partial charge in [0.15, 0.2) is 0 Å². The van der Waals surface area contributed by atoms with Gasteiger partial charge in [0.1, 0.15) is 6.61 Å². The van der Waals surface area contributed by atoms with Gasteiger partial charge >= 0.3 is 5.97 Å². The Hall–Kier alpha value is -1.95. The Morgan fingerprint density at radius 3 is 2.84 bits per heavy atom. The predicted octanol–water partition coefficient (Wildman–Crippen LogP) is -0.0622. The van der Waals surface area contributed by atoms with E-state index in [1.54, 1.807) is 0 Å². The van der Waals surface area contributed by atoms with E-state index in [9.17, 15) is 13.2 Å². The van der Waals surface area contributed by atoms with Gasteiger partial charge in [-0.15, -0.1) is 0 Å². The zero-order valence-electron chi connectivity index (χ0n) is 9.87. The third-order valence-electron chi connectivity index (χ3n) is 2.04. The highest BCUT2D eigenvalue weighted by Gasteiger charge is 2.13. The second-order valence-corrected chi connectivity index (χ2v) is 5.25. The average molecular weight is 284 g/mol. The molecule has 0 atom stereocenters. The fraction of sp³-hybridized carbons (Fsp3) is 0.273. The van der Waals surface area contributed by atoms with Gasteiger partial charge in [-0.1, -0.05) is 6.07 Å². The Morgan fingerprint density at radius 1 is 1.47 bits per heavy atom. The minimum Gasteiger partial charge on any atom is -0.480 e. The van der Waals surface area contributed by atoms with Crippen molar-refractivity contribution in [2.75, 3.05) is 19.8 Å². The molecule has 0 unspecified atom stereocenters. The summed E-state index contributed by atoms with van der Waals surface area (Å²) in [6, 6.07) is 7.42. The van der Waals surface area contributed by atoms with Crippen LogP contribution in [-0.4, -0.2) is 39.3 Å². The van der Waals surface area contributed by atoms with Crippen LogP contribution >= 0.6 is 0 Å². The second kappa shape index (κ2) is 6.84. The highest BCUT2D eigenvalue weighted by molar-refractivity contribution is 7.89. The fourth-order valence-electron chi connectivity index (χ4n) is 1.22. The minimum atomic E-state index is -3.72. The molecule has 0 spiro atoms. The lowest BCUT2D eigenvalue weighted by Gasteiger charge is -2.06. The predicted molar refractivity (Wildman–Crippen MR) is 64.8 cm³/mol. The Kier molecular flexibility index (Phi) is 5.44. The molecular weight excluding hydrogens is 272 g/mol. The Balaban J connectivity index is 2.56. The lowest BCUT2D eigenvalue weighted by atomic mass is 10.2. The van der Waals surface area contributed by atoms with Crippen LogP contribution in [0.25, 0.3) is 0 Å². The van der Waals surface area contributed by atoms with Gasteiger partial charge in [-0.25, -0.2) is 17.9 Å². The van der Waals surface area contributed by atoms with Gasteiger partial charge < -0.3 is 9.84 Å². The van der Waals surface area contributed by atoms with E-state index in [4.69, 9.17) is 15.1 Å². The van der Waals surface area contributed by atoms with E-state index < -0.39 is 22.6 Å². The standard InChI is InChI=1S/C11H12N2O5S/c12-7-9-2-1-3-10(6-9)19(16,17)13-4-5-18-8-11(14)15/h1-3,6,13H,4-5,8H2,(H,14,15). The molecule has 0 saturated heterocycles. The molecule has 0 aromatic heterocycles. The van der Waals surface area contributed by atoms with Crippen LogP contribution in [0.1, 0.15) is 5.56 Å². The molecule has 0 aliphatic heterocycles. The topological polar surface area (TPSA) is 116 Å². The largest absolute Gasteiger partial charge is 0.480 e. The molecule has 0 fully saturated rings. The highest BCUT2D eigenvalue weighted by atomic mass is 32.2. The van der Waals surface area contributed by atoms with Gasteiger partial charge in [0.05, 0.1) is 23.1 Å². The summed E-state index contributed by atoms with van der Waals surface area (Å²) in [6.45, 7) is -0.582. The summed E-state index contributed by atoms with van der Waals surface area (Å²) >= 11 is 0. The van der Waals surface area contributed by atoms with E-state index in [-0.39, 0.29) is 23.6 Å². The van der Waals surface area contributed by atoms with E-state index >= 15 is 0 Å². The molecule has 0 heterocycles. The molecule has 102 valence electrons. The Bertz CT molecular complexity index is 591. The maximum atomic E-state index is 11.8. The molecule has 2 N–H and O–H groups in total.